The fourth-order valence-corrected chi connectivity index (χ4v) is 3.77. The maximum Gasteiger partial charge on any atom is 0.264 e. The number of carbonyl (C=O) groups excluding carboxylic acids is 1. The number of aromatic hydroxyl groups is 1. The lowest BCUT2D eigenvalue weighted by molar-refractivity contribution is -0.115. The molecule has 2 aromatic carbocycles. The minimum absolute atomic E-state index is 0.193. The van der Waals surface area contributed by atoms with Crippen molar-refractivity contribution in [1.82, 2.24) is 9.88 Å². The van der Waals surface area contributed by atoms with E-state index in [-0.39, 0.29) is 11.7 Å². The van der Waals surface area contributed by atoms with Gasteiger partial charge >= 0.3 is 0 Å². The zero-order valence-corrected chi connectivity index (χ0v) is 16.5. The van der Waals surface area contributed by atoms with Gasteiger partial charge in [-0.2, -0.15) is 0 Å². The number of nitrogens with zero attached hydrogens (tertiary/aromatic N) is 2. The summed E-state index contributed by atoms with van der Waals surface area (Å²) >= 11 is 7.33. The van der Waals surface area contributed by atoms with Crippen LogP contribution in [0.4, 0.5) is 5.69 Å². The lowest BCUT2D eigenvalue weighted by atomic mass is 10.2. The van der Waals surface area contributed by atoms with Gasteiger partial charge in [0.2, 0.25) is 0 Å². The average Bonchev–Trinajstić information content (AvgIpc) is 3.26. The van der Waals surface area contributed by atoms with Crippen LogP contribution in [-0.4, -0.2) is 20.7 Å². The van der Waals surface area contributed by atoms with Gasteiger partial charge in [0, 0.05) is 22.6 Å². The summed E-state index contributed by atoms with van der Waals surface area (Å²) in [6, 6.07) is 16.2. The third-order valence-corrected chi connectivity index (χ3v) is 5.38. The summed E-state index contributed by atoms with van der Waals surface area (Å²) in [6.07, 6.45) is 3.72. The lowest BCUT2D eigenvalue weighted by Gasteiger charge is -2.06. The Morgan fingerprint density at radius 2 is 1.96 bits per heavy atom. The number of amides is 1. The van der Waals surface area contributed by atoms with E-state index in [1.165, 1.54) is 11.8 Å². The summed E-state index contributed by atoms with van der Waals surface area (Å²) in [4.78, 5) is 17.5. The molecular weight excluding hydrogens is 394 g/mol. The molecule has 1 fully saturated rings. The number of rotatable bonds is 3. The zero-order valence-electron chi connectivity index (χ0n) is 14.9. The summed E-state index contributed by atoms with van der Waals surface area (Å²) in [6.45, 7) is 1.94. The molecule has 0 aliphatic carbocycles. The van der Waals surface area contributed by atoms with E-state index in [9.17, 15) is 9.90 Å². The van der Waals surface area contributed by atoms with Crippen molar-refractivity contribution in [2.24, 2.45) is 4.99 Å². The predicted octanol–water partition coefficient (Wildman–Crippen LogP) is 5.04. The van der Waals surface area contributed by atoms with E-state index in [2.05, 4.69) is 10.3 Å². The third-order valence-electron chi connectivity index (χ3n) is 4.23. The van der Waals surface area contributed by atoms with Gasteiger partial charge in [-0.15, -0.1) is 0 Å². The van der Waals surface area contributed by atoms with Gasteiger partial charge in [-0.05, 0) is 78.9 Å². The molecule has 28 heavy (non-hydrogen) atoms. The molecule has 3 aromatic rings. The quantitative estimate of drug-likeness (QED) is 0.596. The first kappa shape index (κ1) is 18.4. The number of phenols is 1. The van der Waals surface area contributed by atoms with E-state index in [0.717, 1.165) is 22.6 Å². The SMILES string of the molecule is Cc1ccc(Cl)cc1N=C1NC(=O)C(=Cc2cccn2-c2ccc(O)cc2)S1. The second kappa shape index (κ2) is 7.58. The van der Waals surface area contributed by atoms with E-state index in [1.807, 2.05) is 60.2 Å². The highest BCUT2D eigenvalue weighted by Gasteiger charge is 2.24. The molecule has 1 aliphatic heterocycles. The highest BCUT2D eigenvalue weighted by atomic mass is 35.5. The van der Waals surface area contributed by atoms with Crippen molar-refractivity contribution in [2.75, 3.05) is 0 Å². The number of halogens is 1. The minimum Gasteiger partial charge on any atom is -0.508 e. The molecule has 0 spiro atoms. The van der Waals surface area contributed by atoms with Crippen molar-refractivity contribution in [3.63, 3.8) is 0 Å². The Balaban J connectivity index is 1.63. The number of aromatic nitrogens is 1. The Bertz CT molecular complexity index is 1120. The zero-order chi connectivity index (χ0) is 19.7. The molecule has 140 valence electrons. The van der Waals surface area contributed by atoms with Crippen LogP contribution in [-0.2, 0) is 4.79 Å². The molecule has 2 heterocycles. The van der Waals surface area contributed by atoms with Crippen LogP contribution >= 0.6 is 23.4 Å². The van der Waals surface area contributed by atoms with Crippen molar-refractivity contribution < 1.29 is 9.90 Å². The predicted molar refractivity (Wildman–Crippen MR) is 114 cm³/mol. The summed E-state index contributed by atoms with van der Waals surface area (Å²) in [7, 11) is 0. The van der Waals surface area contributed by atoms with E-state index in [1.54, 1.807) is 18.2 Å². The molecule has 1 amide bonds. The summed E-state index contributed by atoms with van der Waals surface area (Å²) in [5.41, 5.74) is 3.44. The third kappa shape index (κ3) is 3.83. The highest BCUT2D eigenvalue weighted by molar-refractivity contribution is 8.18. The topological polar surface area (TPSA) is 66.6 Å². The molecule has 5 nitrogen and oxygen atoms in total. The molecule has 7 heteroatoms. The van der Waals surface area contributed by atoms with Gasteiger partial charge in [0.05, 0.1) is 10.6 Å². The van der Waals surface area contributed by atoms with Gasteiger partial charge in [-0.3, -0.25) is 4.79 Å². The molecule has 1 aliphatic rings. The van der Waals surface area contributed by atoms with Crippen molar-refractivity contribution in [3.8, 4) is 11.4 Å². The maximum atomic E-state index is 12.4. The molecule has 1 saturated heterocycles. The van der Waals surface area contributed by atoms with Crippen LogP contribution in [0.3, 0.4) is 0 Å². The first-order valence-electron chi connectivity index (χ1n) is 8.52. The number of phenolic OH excluding ortho intramolecular Hbond substituents is 1. The number of hydrogen-bond donors (Lipinski definition) is 2. The summed E-state index contributed by atoms with van der Waals surface area (Å²) in [5.74, 6) is 0.0144. The number of hydrogen-bond acceptors (Lipinski definition) is 4. The largest absolute Gasteiger partial charge is 0.508 e. The van der Waals surface area contributed by atoms with Crippen LogP contribution in [0.15, 0.2) is 70.7 Å². The summed E-state index contributed by atoms with van der Waals surface area (Å²) in [5, 5.41) is 13.4. The van der Waals surface area contributed by atoms with Crippen LogP contribution in [0, 0.1) is 6.92 Å². The van der Waals surface area contributed by atoms with Gasteiger partial charge in [-0.25, -0.2) is 4.99 Å². The number of benzene rings is 2. The van der Waals surface area contributed by atoms with Crippen molar-refractivity contribution in [3.05, 3.63) is 82.0 Å². The fraction of sp³-hybridized carbons (Fsp3) is 0.0476. The summed E-state index contributed by atoms with van der Waals surface area (Å²) < 4.78 is 1.94. The Labute approximate surface area is 171 Å². The smallest absolute Gasteiger partial charge is 0.264 e. The normalized spacial score (nSPS) is 16.7. The van der Waals surface area contributed by atoms with Crippen molar-refractivity contribution in [2.45, 2.75) is 6.92 Å². The molecule has 0 radical (unpaired) electrons. The first-order chi connectivity index (χ1) is 13.5. The fourth-order valence-electron chi connectivity index (χ4n) is 2.79. The van der Waals surface area contributed by atoms with E-state index in [4.69, 9.17) is 11.6 Å². The Hall–Kier alpha value is -2.96. The van der Waals surface area contributed by atoms with Crippen LogP contribution < -0.4 is 5.32 Å². The standard InChI is InChI=1S/C21H16ClN3O2S/c1-13-4-5-14(22)11-18(13)23-21-24-20(27)19(28-21)12-16-3-2-10-25(16)15-6-8-17(26)9-7-15/h2-12,26H,1H3,(H,23,24,27). The molecule has 4 rings (SSSR count). The van der Waals surface area contributed by atoms with Crippen LogP contribution in [0.1, 0.15) is 11.3 Å². The maximum absolute atomic E-state index is 12.4. The van der Waals surface area contributed by atoms with Crippen LogP contribution in [0.25, 0.3) is 11.8 Å². The number of thioether (sulfide) groups is 1. The molecule has 0 bridgehead atoms. The Morgan fingerprint density at radius 1 is 1.18 bits per heavy atom. The number of aryl methyl sites for hydroxylation is 1. The Kier molecular flexibility index (Phi) is 4.98. The number of carbonyl (C=O) groups is 1. The molecule has 2 N–H and O–H groups in total. The van der Waals surface area contributed by atoms with Crippen LogP contribution in [0.5, 0.6) is 5.75 Å². The van der Waals surface area contributed by atoms with Crippen molar-refractivity contribution >= 4 is 46.2 Å². The van der Waals surface area contributed by atoms with Gasteiger partial charge in [0.15, 0.2) is 5.17 Å². The molecule has 0 saturated carbocycles. The molecular formula is C21H16ClN3O2S. The van der Waals surface area contributed by atoms with Crippen molar-refractivity contribution in [1.29, 1.82) is 0 Å². The van der Waals surface area contributed by atoms with Gasteiger partial charge in [0.25, 0.3) is 5.91 Å². The van der Waals surface area contributed by atoms with Gasteiger partial charge in [0.1, 0.15) is 5.75 Å². The lowest BCUT2D eigenvalue weighted by Crippen LogP contribution is -2.19. The second-order valence-corrected chi connectivity index (χ2v) is 7.70. The minimum atomic E-state index is -0.193. The number of nitrogens with one attached hydrogen (secondary N) is 1. The van der Waals surface area contributed by atoms with Gasteiger partial charge in [-0.1, -0.05) is 17.7 Å². The number of amidine groups is 1. The number of aliphatic imine (C=N–C) groups is 1. The monoisotopic (exact) mass is 409 g/mol. The molecule has 0 atom stereocenters. The van der Waals surface area contributed by atoms with Gasteiger partial charge < -0.3 is 15.0 Å². The Morgan fingerprint density at radius 3 is 2.75 bits per heavy atom. The van der Waals surface area contributed by atoms with Crippen LogP contribution in [0.2, 0.25) is 5.02 Å². The van der Waals surface area contributed by atoms with E-state index >= 15 is 0 Å². The molecule has 1 aromatic heterocycles. The highest BCUT2D eigenvalue weighted by Crippen LogP contribution is 2.31. The average molecular weight is 410 g/mol. The molecule has 0 unspecified atom stereocenters. The second-order valence-electron chi connectivity index (χ2n) is 6.23. The first-order valence-corrected chi connectivity index (χ1v) is 9.71. The van der Waals surface area contributed by atoms with E-state index in [0.29, 0.717) is 15.1 Å². The van der Waals surface area contributed by atoms with E-state index < -0.39 is 0 Å².